The Bertz CT molecular complexity index is 1380. The number of hydroxylamine groups is 2. The van der Waals surface area contributed by atoms with E-state index < -0.39 is 11.5 Å². The normalized spacial score (nSPS) is 20.9. The van der Waals surface area contributed by atoms with Crippen LogP contribution in [0.15, 0.2) is 65.9 Å². The molecule has 0 unspecified atom stereocenters. The van der Waals surface area contributed by atoms with Crippen molar-refractivity contribution in [3.8, 4) is 5.75 Å². The summed E-state index contributed by atoms with van der Waals surface area (Å²) in [7, 11) is 0. The zero-order valence-electron chi connectivity index (χ0n) is 21.5. The van der Waals surface area contributed by atoms with E-state index in [1.54, 1.807) is 17.6 Å². The number of nitrogens with zero attached hydrogens (tertiary/aromatic N) is 1. The van der Waals surface area contributed by atoms with Crippen LogP contribution in [0.4, 0.5) is 0 Å². The fourth-order valence-corrected chi connectivity index (χ4v) is 5.41. The number of nitrogens with one attached hydrogen (secondary N) is 3. The zero-order chi connectivity index (χ0) is 26.7. The van der Waals surface area contributed by atoms with E-state index in [1.165, 1.54) is 0 Å². The van der Waals surface area contributed by atoms with Crippen LogP contribution in [-0.2, 0) is 16.2 Å². The van der Waals surface area contributed by atoms with Crippen LogP contribution < -0.4 is 21.0 Å². The Balaban J connectivity index is 1.16. The lowest BCUT2D eigenvalue weighted by molar-refractivity contribution is -0.129. The van der Waals surface area contributed by atoms with Crippen LogP contribution in [0.3, 0.4) is 0 Å². The highest BCUT2D eigenvalue weighted by Crippen LogP contribution is 2.43. The van der Waals surface area contributed by atoms with Crippen molar-refractivity contribution >= 4 is 22.7 Å². The number of rotatable bonds is 7. The Labute approximate surface area is 221 Å². The van der Waals surface area contributed by atoms with Gasteiger partial charge >= 0.3 is 0 Å². The van der Waals surface area contributed by atoms with Crippen molar-refractivity contribution in [2.24, 2.45) is 0 Å². The third kappa shape index (κ3) is 5.34. The number of amides is 2. The first-order valence-corrected chi connectivity index (χ1v) is 12.8. The summed E-state index contributed by atoms with van der Waals surface area (Å²) in [6.07, 6.45) is 2.81. The van der Waals surface area contributed by atoms with E-state index in [9.17, 15) is 9.59 Å². The molecule has 0 atom stereocenters. The number of aromatic nitrogens is 1. The van der Waals surface area contributed by atoms with E-state index >= 15 is 0 Å². The topological polar surface area (TPSA) is 122 Å². The van der Waals surface area contributed by atoms with E-state index in [-0.39, 0.29) is 18.4 Å². The number of benzene rings is 2. The fourth-order valence-electron chi connectivity index (χ4n) is 5.41. The molecule has 3 aromatic rings. The number of carbonyl (C=O) groups excluding carboxylic acids is 2. The maximum absolute atomic E-state index is 12.9. The number of ether oxygens (including phenoxy) is 1. The molecular weight excluding hydrogens is 484 g/mol. The summed E-state index contributed by atoms with van der Waals surface area (Å²) in [4.78, 5) is 35.1. The first-order valence-electron chi connectivity index (χ1n) is 12.8. The summed E-state index contributed by atoms with van der Waals surface area (Å²) in [6, 6.07) is 17.2. The maximum Gasteiger partial charge on any atom is 0.251 e. The molecule has 2 amide bonds. The van der Waals surface area contributed by atoms with Gasteiger partial charge in [-0.2, -0.15) is 0 Å². The van der Waals surface area contributed by atoms with Gasteiger partial charge in [0, 0.05) is 33.9 Å². The van der Waals surface area contributed by atoms with Gasteiger partial charge in [0.1, 0.15) is 18.0 Å². The van der Waals surface area contributed by atoms with Crippen LogP contribution in [-0.4, -0.2) is 33.6 Å². The Morgan fingerprint density at radius 1 is 1.13 bits per heavy atom. The molecule has 1 saturated carbocycles. The molecule has 0 bridgehead atoms. The van der Waals surface area contributed by atoms with Gasteiger partial charge in [-0.05, 0) is 81.5 Å². The van der Waals surface area contributed by atoms with Crippen molar-refractivity contribution in [2.45, 2.75) is 64.2 Å². The molecule has 198 valence electrons. The van der Waals surface area contributed by atoms with E-state index in [0.717, 1.165) is 33.4 Å². The summed E-state index contributed by atoms with van der Waals surface area (Å²) >= 11 is 0. The third-order valence-corrected chi connectivity index (χ3v) is 7.43. The zero-order valence-corrected chi connectivity index (χ0v) is 21.5. The van der Waals surface area contributed by atoms with E-state index in [0.29, 0.717) is 43.6 Å². The van der Waals surface area contributed by atoms with Crippen LogP contribution in [0.25, 0.3) is 10.9 Å². The molecule has 1 aromatic heterocycles. The van der Waals surface area contributed by atoms with Gasteiger partial charge in [0.25, 0.3) is 5.91 Å². The highest BCUT2D eigenvalue weighted by Gasteiger charge is 2.45. The number of aryl methyl sites for hydroxylation is 1. The van der Waals surface area contributed by atoms with Crippen LogP contribution >= 0.6 is 0 Å². The molecule has 2 aliphatic rings. The largest absolute Gasteiger partial charge is 0.489 e. The van der Waals surface area contributed by atoms with Gasteiger partial charge in [-0.3, -0.25) is 30.1 Å². The second kappa shape index (κ2) is 10.8. The minimum Gasteiger partial charge on any atom is -0.489 e. The molecule has 1 aliphatic carbocycles. The van der Waals surface area contributed by atoms with E-state index in [2.05, 4.69) is 15.8 Å². The summed E-state index contributed by atoms with van der Waals surface area (Å²) in [6.45, 7) is 4.24. The molecule has 5 rings (SSSR count). The Kier molecular flexibility index (Phi) is 7.31. The smallest absolute Gasteiger partial charge is 0.251 e. The molecule has 1 fully saturated rings. The Hall–Kier alpha value is -3.95. The number of allylic oxidation sites excluding steroid dienone is 1. The van der Waals surface area contributed by atoms with Crippen LogP contribution in [0.5, 0.6) is 5.75 Å². The van der Waals surface area contributed by atoms with Crippen LogP contribution in [0, 0.1) is 6.92 Å². The third-order valence-electron chi connectivity index (χ3n) is 7.43. The number of para-hydroxylation sites is 1. The first-order chi connectivity index (χ1) is 18.4. The first kappa shape index (κ1) is 25.7. The standard InChI is InChI=1S/C29H32N4O5/c1-18-15-21(24-5-3-4-6-26(24)30-18)17-37-23-9-7-20(8-10-23)28(35)31-22-11-13-29(14-12-22)25(16-27(34)32-36)19(2)33-38-29/h3-10,15,22,33,36H,11-14,16-17H2,1-2H3,(H,31,35)(H,32,34). The molecule has 0 saturated heterocycles. The minimum atomic E-state index is -0.588. The van der Waals surface area contributed by atoms with Gasteiger partial charge in [0.15, 0.2) is 0 Å². The fraction of sp³-hybridized carbons (Fsp3) is 0.345. The van der Waals surface area contributed by atoms with E-state index in [1.807, 2.05) is 56.3 Å². The van der Waals surface area contributed by atoms with Crippen molar-refractivity contribution in [1.29, 1.82) is 0 Å². The minimum absolute atomic E-state index is 0.00434. The number of fused-ring (bicyclic) bond motifs is 1. The lowest BCUT2D eigenvalue weighted by Crippen LogP contribution is -2.45. The molecule has 38 heavy (non-hydrogen) atoms. The van der Waals surface area contributed by atoms with Crippen molar-refractivity contribution in [3.05, 3.63) is 82.7 Å². The molecule has 9 nitrogen and oxygen atoms in total. The summed E-state index contributed by atoms with van der Waals surface area (Å²) in [5.74, 6) is 0.0793. The predicted octanol–water partition coefficient (Wildman–Crippen LogP) is 4.24. The van der Waals surface area contributed by atoms with Crippen LogP contribution in [0.2, 0.25) is 0 Å². The summed E-state index contributed by atoms with van der Waals surface area (Å²) < 4.78 is 6.02. The Morgan fingerprint density at radius 2 is 1.87 bits per heavy atom. The SMILES string of the molecule is CC1=C(CC(=O)NO)C2(CCC(NC(=O)c3ccc(OCc4cc(C)nc5ccccc45)cc3)CC2)ON1. The van der Waals surface area contributed by atoms with Gasteiger partial charge in [0.2, 0.25) is 5.91 Å². The summed E-state index contributed by atoms with van der Waals surface area (Å²) in [5, 5.41) is 13.1. The van der Waals surface area contributed by atoms with Gasteiger partial charge in [-0.25, -0.2) is 5.48 Å². The van der Waals surface area contributed by atoms with Gasteiger partial charge < -0.3 is 10.1 Å². The molecule has 0 radical (unpaired) electrons. The lowest BCUT2D eigenvalue weighted by Gasteiger charge is -2.37. The van der Waals surface area contributed by atoms with Crippen molar-refractivity contribution in [1.82, 2.24) is 21.3 Å². The lowest BCUT2D eigenvalue weighted by atomic mass is 9.76. The molecular formula is C29H32N4O5. The predicted molar refractivity (Wildman–Crippen MR) is 141 cm³/mol. The number of carbonyl (C=O) groups is 2. The van der Waals surface area contributed by atoms with Gasteiger partial charge in [0.05, 0.1) is 11.9 Å². The number of pyridine rings is 1. The number of hydrogen-bond donors (Lipinski definition) is 4. The second-order valence-corrected chi connectivity index (χ2v) is 10.0. The average molecular weight is 517 g/mol. The molecule has 2 heterocycles. The van der Waals surface area contributed by atoms with Crippen LogP contribution in [0.1, 0.15) is 60.6 Å². The van der Waals surface area contributed by atoms with Crippen molar-refractivity contribution in [2.75, 3.05) is 0 Å². The summed E-state index contributed by atoms with van der Waals surface area (Å²) in [5.41, 5.74) is 9.16. The van der Waals surface area contributed by atoms with Crippen molar-refractivity contribution < 1.29 is 24.4 Å². The Morgan fingerprint density at radius 3 is 2.61 bits per heavy atom. The van der Waals surface area contributed by atoms with Crippen molar-refractivity contribution in [3.63, 3.8) is 0 Å². The quantitative estimate of drug-likeness (QED) is 0.274. The highest BCUT2D eigenvalue weighted by atomic mass is 16.7. The highest BCUT2D eigenvalue weighted by molar-refractivity contribution is 5.94. The molecule has 4 N–H and O–H groups in total. The average Bonchev–Trinajstić information content (AvgIpc) is 3.22. The monoisotopic (exact) mass is 516 g/mol. The molecule has 2 aromatic carbocycles. The van der Waals surface area contributed by atoms with Gasteiger partial charge in [-0.15, -0.1) is 0 Å². The van der Waals surface area contributed by atoms with Gasteiger partial charge in [-0.1, -0.05) is 18.2 Å². The van der Waals surface area contributed by atoms with E-state index in [4.69, 9.17) is 14.8 Å². The molecule has 1 spiro atoms. The molecule has 1 aliphatic heterocycles. The maximum atomic E-state index is 12.9. The number of hydrogen-bond acceptors (Lipinski definition) is 7. The second-order valence-electron chi connectivity index (χ2n) is 10.0. The molecule has 9 heteroatoms.